The first-order valence-corrected chi connectivity index (χ1v) is 9.03. The topological polar surface area (TPSA) is 117 Å². The predicted molar refractivity (Wildman–Crippen MR) is 94.4 cm³/mol. The highest BCUT2D eigenvalue weighted by Gasteiger charge is 2.31. The molecule has 3 heterocycles. The Morgan fingerprint density at radius 2 is 2.04 bits per heavy atom. The van der Waals surface area contributed by atoms with Gasteiger partial charge in [0.25, 0.3) is 0 Å². The molecule has 1 fully saturated rings. The lowest BCUT2D eigenvalue weighted by Crippen LogP contribution is -2.44. The van der Waals surface area contributed by atoms with Crippen molar-refractivity contribution in [2.24, 2.45) is 0 Å². The van der Waals surface area contributed by atoms with E-state index in [9.17, 15) is 19.2 Å². The van der Waals surface area contributed by atoms with Crippen LogP contribution in [-0.2, 0) is 33.9 Å². The highest BCUT2D eigenvalue weighted by molar-refractivity contribution is 6.03. The Morgan fingerprint density at radius 1 is 1.26 bits per heavy atom. The van der Waals surface area contributed by atoms with Crippen LogP contribution in [0.4, 0.5) is 4.79 Å². The normalized spacial score (nSPS) is 16.6. The second-order valence-corrected chi connectivity index (χ2v) is 7.10. The molecule has 0 spiro atoms. The van der Waals surface area contributed by atoms with Crippen molar-refractivity contribution in [3.8, 4) is 0 Å². The van der Waals surface area contributed by atoms with Gasteiger partial charge in [-0.3, -0.25) is 24.4 Å². The molecule has 3 rings (SSSR count). The summed E-state index contributed by atoms with van der Waals surface area (Å²) in [4.78, 5) is 49.9. The molecule has 0 bridgehead atoms. The average Bonchev–Trinajstić information content (AvgIpc) is 3.13. The van der Waals surface area contributed by atoms with E-state index in [2.05, 4.69) is 15.7 Å². The molecule has 1 aromatic heterocycles. The van der Waals surface area contributed by atoms with Crippen molar-refractivity contribution < 1.29 is 19.2 Å². The van der Waals surface area contributed by atoms with Gasteiger partial charge in [0.2, 0.25) is 17.7 Å². The largest absolute Gasteiger partial charge is 0.354 e. The number of imide groups is 1. The third-order valence-corrected chi connectivity index (χ3v) is 4.45. The number of aryl methyl sites for hydroxylation is 1. The Morgan fingerprint density at radius 3 is 2.70 bits per heavy atom. The van der Waals surface area contributed by atoms with Crippen molar-refractivity contribution in [1.29, 1.82) is 0 Å². The number of carbonyl (C=O) groups excluding carboxylic acids is 4. The van der Waals surface area contributed by atoms with Gasteiger partial charge in [0, 0.05) is 25.4 Å². The van der Waals surface area contributed by atoms with Crippen LogP contribution in [-0.4, -0.2) is 69.0 Å². The highest BCUT2D eigenvalue weighted by atomic mass is 16.2. The quantitative estimate of drug-likeness (QED) is 0.633. The summed E-state index contributed by atoms with van der Waals surface area (Å²) in [5, 5.41) is 9.51. The summed E-state index contributed by atoms with van der Waals surface area (Å²) < 4.78 is 1.85. The molecule has 27 heavy (non-hydrogen) atoms. The van der Waals surface area contributed by atoms with Crippen LogP contribution in [0.25, 0.3) is 0 Å². The maximum atomic E-state index is 12.5. The Balaban J connectivity index is 1.54. The van der Waals surface area contributed by atoms with Gasteiger partial charge in [-0.15, -0.1) is 0 Å². The molecule has 2 aliphatic heterocycles. The number of amides is 5. The third kappa shape index (κ3) is 4.63. The molecule has 2 N–H and O–H groups in total. The number of hydrogen-bond donors (Lipinski definition) is 2. The molecule has 146 valence electrons. The fourth-order valence-electron chi connectivity index (χ4n) is 3.17. The highest BCUT2D eigenvalue weighted by Crippen LogP contribution is 2.15. The lowest BCUT2D eigenvalue weighted by molar-refractivity contribution is -0.133. The minimum atomic E-state index is -0.530. The number of carbonyl (C=O) groups is 4. The predicted octanol–water partition coefficient (Wildman–Crippen LogP) is -0.766. The van der Waals surface area contributed by atoms with Crippen molar-refractivity contribution in [2.75, 3.05) is 19.6 Å². The van der Waals surface area contributed by atoms with Crippen LogP contribution < -0.4 is 10.6 Å². The molecule has 0 aromatic carbocycles. The first kappa shape index (κ1) is 18.9. The van der Waals surface area contributed by atoms with Crippen LogP contribution in [0.5, 0.6) is 0 Å². The maximum Gasteiger partial charge on any atom is 0.325 e. The summed E-state index contributed by atoms with van der Waals surface area (Å²) in [5.41, 5.74) is 1.72. The fraction of sp³-hybridized carbons (Fsp3) is 0.588. The zero-order chi connectivity index (χ0) is 19.6. The molecule has 5 amide bonds. The molecule has 10 heteroatoms. The number of rotatable bonds is 6. The van der Waals surface area contributed by atoms with E-state index in [0.29, 0.717) is 32.5 Å². The third-order valence-electron chi connectivity index (χ3n) is 4.45. The van der Waals surface area contributed by atoms with Gasteiger partial charge < -0.3 is 15.1 Å². The minimum Gasteiger partial charge on any atom is -0.354 e. The molecule has 10 nitrogen and oxygen atoms in total. The van der Waals surface area contributed by atoms with E-state index in [-0.39, 0.29) is 30.9 Å². The Kier molecular flexibility index (Phi) is 5.43. The van der Waals surface area contributed by atoms with Crippen molar-refractivity contribution in [1.82, 2.24) is 30.2 Å². The van der Waals surface area contributed by atoms with Crippen molar-refractivity contribution in [2.45, 2.75) is 45.8 Å². The molecule has 1 aromatic rings. The number of nitrogens with one attached hydrogen (secondary N) is 2. The second kappa shape index (κ2) is 7.77. The van der Waals surface area contributed by atoms with Crippen LogP contribution in [0, 0.1) is 0 Å². The van der Waals surface area contributed by atoms with Gasteiger partial charge >= 0.3 is 6.03 Å². The molecule has 0 aliphatic carbocycles. The van der Waals surface area contributed by atoms with E-state index in [4.69, 9.17) is 0 Å². The van der Waals surface area contributed by atoms with Gasteiger partial charge in [0.1, 0.15) is 13.1 Å². The van der Waals surface area contributed by atoms with E-state index < -0.39 is 11.9 Å². The first-order valence-electron chi connectivity index (χ1n) is 9.03. The van der Waals surface area contributed by atoms with Gasteiger partial charge in [-0.05, 0) is 19.9 Å². The number of fused-ring (bicyclic) bond motifs is 1. The van der Waals surface area contributed by atoms with Gasteiger partial charge in [0.05, 0.1) is 24.5 Å². The molecule has 0 saturated carbocycles. The molecule has 2 aliphatic rings. The Labute approximate surface area is 156 Å². The zero-order valence-electron chi connectivity index (χ0n) is 15.5. The molecule has 0 unspecified atom stereocenters. The summed E-state index contributed by atoms with van der Waals surface area (Å²) in [6.07, 6.45) is 0.915. The lowest BCUT2D eigenvalue weighted by Gasteiger charge is -2.28. The molecular formula is C17H24N6O4. The monoisotopic (exact) mass is 376 g/mol. The van der Waals surface area contributed by atoms with Crippen LogP contribution in [0.3, 0.4) is 0 Å². The number of aromatic nitrogens is 2. The van der Waals surface area contributed by atoms with E-state index >= 15 is 0 Å². The second-order valence-electron chi connectivity index (χ2n) is 7.10. The molecule has 0 atom stereocenters. The van der Waals surface area contributed by atoms with E-state index in [1.807, 2.05) is 24.6 Å². The van der Waals surface area contributed by atoms with Crippen molar-refractivity contribution in [3.63, 3.8) is 0 Å². The summed E-state index contributed by atoms with van der Waals surface area (Å²) in [6.45, 7) is 5.08. The summed E-state index contributed by atoms with van der Waals surface area (Å²) in [5.74, 6) is -0.605. The van der Waals surface area contributed by atoms with E-state index in [0.717, 1.165) is 11.4 Å². The number of hydrogen-bond acceptors (Lipinski definition) is 5. The van der Waals surface area contributed by atoms with Crippen molar-refractivity contribution in [3.05, 3.63) is 17.5 Å². The fourth-order valence-corrected chi connectivity index (χ4v) is 3.17. The Bertz CT molecular complexity index is 771. The minimum absolute atomic E-state index is 0.00814. The van der Waals surface area contributed by atoms with Gasteiger partial charge in [-0.25, -0.2) is 4.79 Å². The van der Waals surface area contributed by atoms with Crippen LogP contribution >= 0.6 is 0 Å². The standard InChI is InChI=1S/C17H24N6O4/c1-11(2)18-14(24)4-3-12-7-13-8-21(5-6-23(13)20-12)16(26)10-22-9-15(25)19-17(22)27/h7,11H,3-6,8-10H2,1-2H3,(H,18,24)(H,19,25,27). The summed E-state index contributed by atoms with van der Waals surface area (Å²) in [6, 6.07) is 1.49. The van der Waals surface area contributed by atoms with Gasteiger partial charge in [-0.2, -0.15) is 5.10 Å². The smallest absolute Gasteiger partial charge is 0.325 e. The number of nitrogens with zero attached hydrogens (tertiary/aromatic N) is 4. The average molecular weight is 376 g/mol. The summed E-state index contributed by atoms with van der Waals surface area (Å²) in [7, 11) is 0. The Hall–Kier alpha value is -2.91. The van der Waals surface area contributed by atoms with Gasteiger partial charge in [0.15, 0.2) is 0 Å². The SMILES string of the molecule is CC(C)NC(=O)CCc1cc2n(n1)CCN(C(=O)CN1CC(=O)NC1=O)C2. The molecular weight excluding hydrogens is 352 g/mol. The van der Waals surface area contributed by atoms with Crippen LogP contribution in [0.15, 0.2) is 6.07 Å². The van der Waals surface area contributed by atoms with E-state index in [1.54, 1.807) is 4.90 Å². The van der Waals surface area contributed by atoms with Crippen molar-refractivity contribution >= 4 is 23.8 Å². The zero-order valence-corrected chi connectivity index (χ0v) is 15.5. The van der Waals surface area contributed by atoms with Crippen LogP contribution in [0.1, 0.15) is 31.7 Å². The van der Waals surface area contributed by atoms with Gasteiger partial charge in [-0.1, -0.05) is 0 Å². The van der Waals surface area contributed by atoms with E-state index in [1.165, 1.54) is 4.90 Å². The molecule has 0 radical (unpaired) electrons. The number of urea groups is 1. The lowest BCUT2D eigenvalue weighted by atomic mass is 10.2. The maximum absolute atomic E-state index is 12.5. The first-order chi connectivity index (χ1) is 12.8. The molecule has 1 saturated heterocycles. The van der Waals surface area contributed by atoms with Crippen LogP contribution in [0.2, 0.25) is 0 Å². The summed E-state index contributed by atoms with van der Waals surface area (Å²) >= 11 is 0.